The largest absolute Gasteiger partial charge is 0.465 e. The molecule has 4 rings (SSSR count). The molecule has 36 heavy (non-hydrogen) atoms. The molecule has 0 aliphatic carbocycles. The van der Waals surface area contributed by atoms with Gasteiger partial charge in [0.1, 0.15) is 4.90 Å². The quantitative estimate of drug-likeness (QED) is 0.286. The third kappa shape index (κ3) is 5.57. The zero-order chi connectivity index (χ0) is 25.9. The van der Waals surface area contributed by atoms with Gasteiger partial charge in [0, 0.05) is 44.4 Å². The maximum absolute atomic E-state index is 13.0. The topological polar surface area (TPSA) is 146 Å². The van der Waals surface area contributed by atoms with Crippen LogP contribution < -0.4 is 9.47 Å². The normalized spacial score (nSPS) is 15.5. The maximum Gasteiger partial charge on any atom is 0.321 e. The predicted molar refractivity (Wildman–Crippen MR) is 126 cm³/mol. The van der Waals surface area contributed by atoms with E-state index in [1.54, 1.807) is 4.90 Å². The van der Waals surface area contributed by atoms with Crippen molar-refractivity contribution in [2.24, 2.45) is 0 Å². The van der Waals surface area contributed by atoms with Gasteiger partial charge >= 0.3 is 5.97 Å². The average Bonchev–Trinajstić information content (AvgIpc) is 3.31. The number of carbonyl (C=O) groups is 2. The second-order valence-corrected chi connectivity index (χ2v) is 10.2. The Morgan fingerprint density at radius 1 is 1.06 bits per heavy atom. The van der Waals surface area contributed by atoms with Gasteiger partial charge in [0.2, 0.25) is 6.79 Å². The van der Waals surface area contributed by atoms with Gasteiger partial charge in [0.05, 0.1) is 11.5 Å². The van der Waals surface area contributed by atoms with Gasteiger partial charge in [-0.25, -0.2) is 8.42 Å². The molecule has 1 fully saturated rings. The number of carbonyl (C=O) groups excluding carboxylic acids is 2. The number of piperazine rings is 1. The summed E-state index contributed by atoms with van der Waals surface area (Å²) in [7, 11) is -4.33. The van der Waals surface area contributed by atoms with Crippen LogP contribution in [0.25, 0.3) is 0 Å². The number of benzene rings is 2. The minimum atomic E-state index is -4.33. The fraction of sp³-hybridized carbons (Fsp3) is 0.391. The summed E-state index contributed by atoms with van der Waals surface area (Å²) >= 11 is 0. The minimum absolute atomic E-state index is 0.000931. The molecule has 0 radical (unpaired) electrons. The number of nitro groups is 1. The molecular weight excluding hydrogens is 494 g/mol. The molecule has 2 aromatic carbocycles. The number of hydrogen-bond donors (Lipinski definition) is 0. The Morgan fingerprint density at radius 2 is 1.78 bits per heavy atom. The van der Waals surface area contributed by atoms with E-state index in [1.807, 2.05) is 18.2 Å². The molecule has 13 heteroatoms. The lowest BCUT2D eigenvalue weighted by Gasteiger charge is -2.34. The van der Waals surface area contributed by atoms with Crippen molar-refractivity contribution in [3.05, 3.63) is 57.6 Å². The number of ether oxygens (including phenoxy) is 3. The van der Waals surface area contributed by atoms with E-state index in [-0.39, 0.29) is 19.0 Å². The summed E-state index contributed by atoms with van der Waals surface area (Å²) < 4.78 is 40.5. The molecule has 192 valence electrons. The van der Waals surface area contributed by atoms with Crippen LogP contribution in [0.3, 0.4) is 0 Å². The number of sulfone groups is 1. The van der Waals surface area contributed by atoms with Crippen LogP contribution in [0.5, 0.6) is 11.5 Å². The van der Waals surface area contributed by atoms with Crippen molar-refractivity contribution < 1.29 is 37.1 Å². The van der Waals surface area contributed by atoms with Gasteiger partial charge in [-0.05, 0) is 36.8 Å². The highest BCUT2D eigenvalue weighted by Crippen LogP contribution is 2.33. The highest BCUT2D eigenvalue weighted by atomic mass is 32.2. The van der Waals surface area contributed by atoms with Crippen LogP contribution >= 0.6 is 0 Å². The van der Waals surface area contributed by atoms with Crippen LogP contribution in [0, 0.1) is 10.1 Å². The molecule has 2 aromatic rings. The van der Waals surface area contributed by atoms with E-state index in [4.69, 9.17) is 9.47 Å². The van der Waals surface area contributed by atoms with E-state index < -0.39 is 43.0 Å². The van der Waals surface area contributed by atoms with E-state index in [2.05, 4.69) is 9.64 Å². The van der Waals surface area contributed by atoms with Crippen molar-refractivity contribution in [1.29, 1.82) is 0 Å². The first-order valence-electron chi connectivity index (χ1n) is 11.2. The second kappa shape index (κ2) is 10.5. The van der Waals surface area contributed by atoms with E-state index in [9.17, 15) is 28.1 Å². The van der Waals surface area contributed by atoms with Gasteiger partial charge in [-0.1, -0.05) is 6.07 Å². The zero-order valence-corrected chi connectivity index (χ0v) is 20.4. The number of amides is 1. The van der Waals surface area contributed by atoms with E-state index in [0.29, 0.717) is 44.2 Å². The fourth-order valence-electron chi connectivity index (χ4n) is 4.08. The predicted octanol–water partition coefficient (Wildman–Crippen LogP) is 1.62. The standard InChI is InChI=1S/C23H25N3O9S/c1-2-33-22(27)14-36(31,32)21-6-4-17(12-18(21)26(29)30)23(28)25-9-7-24(8-10-25)13-16-3-5-19-20(11-16)35-15-34-19/h3-6,11-12H,2,7-10,13-15H2,1H3. The molecule has 0 bridgehead atoms. The van der Waals surface area contributed by atoms with Gasteiger partial charge in [0.25, 0.3) is 11.6 Å². The summed E-state index contributed by atoms with van der Waals surface area (Å²) in [6.07, 6.45) is 0. The minimum Gasteiger partial charge on any atom is -0.465 e. The molecule has 0 spiro atoms. The average molecular weight is 520 g/mol. The first-order valence-corrected chi connectivity index (χ1v) is 12.9. The third-order valence-electron chi connectivity index (χ3n) is 5.85. The van der Waals surface area contributed by atoms with Crippen molar-refractivity contribution in [2.45, 2.75) is 18.4 Å². The summed E-state index contributed by atoms with van der Waals surface area (Å²) in [4.78, 5) is 38.5. The smallest absolute Gasteiger partial charge is 0.321 e. The molecule has 0 N–H and O–H groups in total. The lowest BCUT2D eigenvalue weighted by molar-refractivity contribution is -0.387. The van der Waals surface area contributed by atoms with Crippen LogP contribution in [0.1, 0.15) is 22.8 Å². The van der Waals surface area contributed by atoms with Gasteiger partial charge < -0.3 is 19.1 Å². The highest BCUT2D eigenvalue weighted by molar-refractivity contribution is 7.92. The molecule has 0 aromatic heterocycles. The van der Waals surface area contributed by atoms with Gasteiger partial charge in [-0.2, -0.15) is 0 Å². The lowest BCUT2D eigenvalue weighted by Crippen LogP contribution is -2.48. The molecular formula is C23H25N3O9S. The number of nitro benzene ring substituents is 1. The molecule has 2 heterocycles. The first-order chi connectivity index (χ1) is 17.2. The summed E-state index contributed by atoms with van der Waals surface area (Å²) in [5.41, 5.74) is 0.293. The lowest BCUT2D eigenvalue weighted by atomic mass is 10.1. The van der Waals surface area contributed by atoms with Crippen molar-refractivity contribution in [2.75, 3.05) is 45.3 Å². The van der Waals surface area contributed by atoms with Crippen LogP contribution in [0.4, 0.5) is 5.69 Å². The Balaban J connectivity index is 1.42. The van der Waals surface area contributed by atoms with Gasteiger partial charge in [0.15, 0.2) is 27.1 Å². The van der Waals surface area contributed by atoms with E-state index >= 15 is 0 Å². The summed E-state index contributed by atoms with van der Waals surface area (Å²) in [5, 5.41) is 11.6. The van der Waals surface area contributed by atoms with Crippen LogP contribution in [-0.2, 0) is 25.9 Å². The van der Waals surface area contributed by atoms with Crippen LogP contribution in [0.15, 0.2) is 41.3 Å². The van der Waals surface area contributed by atoms with Gasteiger partial charge in [-0.15, -0.1) is 0 Å². The molecule has 12 nitrogen and oxygen atoms in total. The molecule has 2 aliphatic rings. The van der Waals surface area contributed by atoms with Crippen molar-refractivity contribution in [3.63, 3.8) is 0 Å². The first kappa shape index (κ1) is 25.4. The molecule has 1 saturated heterocycles. The van der Waals surface area contributed by atoms with E-state index in [0.717, 1.165) is 17.7 Å². The maximum atomic E-state index is 13.0. The second-order valence-electron chi connectivity index (χ2n) is 8.26. The van der Waals surface area contributed by atoms with Crippen LogP contribution in [0.2, 0.25) is 0 Å². The van der Waals surface area contributed by atoms with Crippen molar-refractivity contribution >= 4 is 27.4 Å². The Labute approximate surface area is 207 Å². The van der Waals surface area contributed by atoms with Crippen LogP contribution in [-0.4, -0.2) is 80.3 Å². The summed E-state index contributed by atoms with van der Waals surface area (Å²) in [6, 6.07) is 8.92. The van der Waals surface area contributed by atoms with Crippen molar-refractivity contribution in [1.82, 2.24) is 9.80 Å². The number of hydrogen-bond acceptors (Lipinski definition) is 10. The SMILES string of the molecule is CCOC(=O)CS(=O)(=O)c1ccc(C(=O)N2CCN(Cc3ccc4c(c3)OCO4)CC2)cc1[N+](=O)[O-]. The number of rotatable bonds is 8. The summed E-state index contributed by atoms with van der Waals surface area (Å²) in [5.74, 6) is -1.06. The highest BCUT2D eigenvalue weighted by Gasteiger charge is 2.31. The fourth-order valence-corrected chi connectivity index (χ4v) is 5.36. The van der Waals surface area contributed by atoms with Crippen molar-refractivity contribution in [3.8, 4) is 11.5 Å². The Kier molecular flexibility index (Phi) is 7.40. The Morgan fingerprint density at radius 3 is 2.47 bits per heavy atom. The number of nitrogens with zero attached hydrogens (tertiary/aromatic N) is 3. The summed E-state index contributed by atoms with van der Waals surface area (Å²) in [6.45, 7) is 4.36. The molecule has 1 amide bonds. The third-order valence-corrected chi connectivity index (χ3v) is 7.48. The molecule has 2 aliphatic heterocycles. The zero-order valence-electron chi connectivity index (χ0n) is 19.5. The number of esters is 1. The molecule has 0 unspecified atom stereocenters. The Hall–Kier alpha value is -3.71. The monoisotopic (exact) mass is 519 g/mol. The molecule has 0 saturated carbocycles. The number of fused-ring (bicyclic) bond motifs is 1. The van der Waals surface area contributed by atoms with E-state index in [1.165, 1.54) is 13.0 Å². The molecule has 0 atom stereocenters. The Bertz CT molecular complexity index is 1290. The van der Waals surface area contributed by atoms with Gasteiger partial charge in [-0.3, -0.25) is 24.6 Å².